The van der Waals surface area contributed by atoms with Crippen LogP contribution < -0.4 is 4.65 Å². The van der Waals surface area contributed by atoms with Crippen LogP contribution in [0.5, 0.6) is 5.75 Å². The van der Waals surface area contributed by atoms with E-state index in [-0.39, 0.29) is 0 Å². The SMILES string of the molecule is Brc1ccc2c(c1)c1ccc3ccccc3c1n2-c1ccccc1.O[B]Oc1ccc2c3c(cccc13)-c1ccccc1-2.c1ccc(-n2c3ccc(-c4ccc5c6c(cccc46)-c4ccccc4-5)cc3c3ccc4ccccc4c32)cc1. The van der Waals surface area contributed by atoms with E-state index >= 15 is 0 Å². The van der Waals surface area contributed by atoms with E-state index in [1.807, 2.05) is 18.2 Å². The molecule has 4 nitrogen and oxygen atoms in total. The number of para-hydroxylation sites is 2. The van der Waals surface area contributed by atoms with Crippen molar-refractivity contribution in [3.63, 3.8) is 0 Å². The first kappa shape index (κ1) is 48.0. The summed E-state index contributed by atoms with van der Waals surface area (Å²) in [4.78, 5) is 0. The number of fused-ring (bicyclic) bond motifs is 16. The first-order valence-electron chi connectivity index (χ1n) is 27.7. The Bertz CT molecular complexity index is 5200. The van der Waals surface area contributed by atoms with Gasteiger partial charge in [-0.15, -0.1) is 0 Å². The highest BCUT2D eigenvalue weighted by Gasteiger charge is 2.25. The summed E-state index contributed by atoms with van der Waals surface area (Å²) >= 11 is 3.62. The third-order valence-corrected chi connectivity index (χ3v) is 17.3. The summed E-state index contributed by atoms with van der Waals surface area (Å²) in [5, 5.41) is 24.0. The zero-order valence-corrected chi connectivity index (χ0v) is 45.8. The van der Waals surface area contributed by atoms with Crippen molar-refractivity contribution in [1.82, 2.24) is 9.13 Å². The van der Waals surface area contributed by atoms with Crippen molar-refractivity contribution in [3.8, 4) is 72.8 Å². The lowest BCUT2D eigenvalue weighted by atomic mass is 9.93. The number of halogens is 1. The molecule has 1 N–H and O–H groups in total. The lowest BCUT2D eigenvalue weighted by Crippen LogP contribution is -2.00. The zero-order valence-electron chi connectivity index (χ0n) is 44.3. The molecule has 2 heterocycles. The highest BCUT2D eigenvalue weighted by Crippen LogP contribution is 2.51. The minimum absolute atomic E-state index is 0.677. The van der Waals surface area contributed by atoms with E-state index in [2.05, 4.69) is 286 Å². The monoisotopic (exact) mass is 1110 g/mol. The van der Waals surface area contributed by atoms with E-state index in [1.165, 1.54) is 148 Å². The zero-order chi connectivity index (χ0) is 54.4. The molecule has 0 amide bonds. The number of aromatic nitrogens is 2. The molecular weight excluding hydrogens is 1060 g/mol. The molecule has 2 aromatic heterocycles. The van der Waals surface area contributed by atoms with Crippen molar-refractivity contribution in [2.45, 2.75) is 0 Å². The topological polar surface area (TPSA) is 39.3 Å². The first-order chi connectivity index (χ1) is 40.6. The fourth-order valence-electron chi connectivity index (χ4n) is 13.4. The third-order valence-electron chi connectivity index (χ3n) is 16.8. The molecule has 2 aliphatic rings. The average molecular weight is 1110 g/mol. The Morgan fingerprint density at radius 1 is 0.305 bits per heavy atom. The van der Waals surface area contributed by atoms with E-state index in [9.17, 15) is 0 Å². The van der Waals surface area contributed by atoms with Gasteiger partial charge in [-0.1, -0.05) is 234 Å². The normalized spacial score (nSPS) is 11.8. The summed E-state index contributed by atoms with van der Waals surface area (Å²) in [7, 11) is 0.728. The second kappa shape index (κ2) is 19.4. The second-order valence-electron chi connectivity index (χ2n) is 21.1. The van der Waals surface area contributed by atoms with Gasteiger partial charge in [0, 0.05) is 58.9 Å². The standard InChI is InChI=1S/C38H23N.C22H14BrN.C16H10BO2/c1-2-10-26(11-3-1)39-36-22-18-25(23-35(36)34-19-17-24-9-4-5-12-28(24)38(34)39)27-20-21-33-30-14-7-6-13-29(30)32-16-8-15-31(27)37(32)33;23-16-11-13-21-20(14-16)19-12-10-15-6-4-5-9-18(15)22(19)24(21)17-7-2-1-3-8-17;18-17-19-15-9-8-13-11-5-2-1-4-10(11)12-6-3-7-14(15)16(12)13/h1-23H;1-14H;1-9,18H. The van der Waals surface area contributed by atoms with Crippen LogP contribution in [0.2, 0.25) is 0 Å². The summed E-state index contributed by atoms with van der Waals surface area (Å²) in [6.45, 7) is 0. The van der Waals surface area contributed by atoms with Gasteiger partial charge in [-0.05, 0) is 138 Å². The predicted octanol–water partition coefficient (Wildman–Crippen LogP) is 20.5. The van der Waals surface area contributed by atoms with Crippen molar-refractivity contribution in [2.24, 2.45) is 0 Å². The maximum atomic E-state index is 8.86. The van der Waals surface area contributed by atoms with Crippen molar-refractivity contribution in [2.75, 3.05) is 0 Å². The summed E-state index contributed by atoms with van der Waals surface area (Å²) in [6.07, 6.45) is 0. The molecule has 0 fully saturated rings. The van der Waals surface area contributed by atoms with Crippen LogP contribution in [0.15, 0.2) is 284 Å². The van der Waals surface area contributed by atoms with E-state index < -0.39 is 0 Å². The molecule has 1 radical (unpaired) electrons. The maximum Gasteiger partial charge on any atom is 0.569 e. The highest BCUT2D eigenvalue weighted by molar-refractivity contribution is 9.10. The van der Waals surface area contributed by atoms with E-state index in [0.717, 1.165) is 17.5 Å². The van der Waals surface area contributed by atoms with Crippen LogP contribution in [0.1, 0.15) is 0 Å². The quantitative estimate of drug-likeness (QED) is 0.175. The molecule has 383 valence electrons. The molecule has 82 heavy (non-hydrogen) atoms. The van der Waals surface area contributed by atoms with Gasteiger partial charge in [0.25, 0.3) is 0 Å². The molecule has 2 aliphatic carbocycles. The van der Waals surface area contributed by atoms with Crippen LogP contribution in [-0.4, -0.2) is 21.8 Å². The van der Waals surface area contributed by atoms with Gasteiger partial charge in [0.2, 0.25) is 0 Å². The minimum atomic E-state index is 0.677. The fraction of sp³-hybridized carbons (Fsp3) is 0. The summed E-state index contributed by atoms with van der Waals surface area (Å²) in [6, 6.07) is 99.9. The van der Waals surface area contributed by atoms with Gasteiger partial charge in [0.15, 0.2) is 0 Å². The van der Waals surface area contributed by atoms with Crippen LogP contribution in [0.3, 0.4) is 0 Å². The number of nitrogens with zero attached hydrogens (tertiary/aromatic N) is 2. The molecule has 0 unspecified atom stereocenters. The summed E-state index contributed by atoms with van der Waals surface area (Å²) < 4.78 is 11.1. The van der Waals surface area contributed by atoms with E-state index in [4.69, 9.17) is 9.68 Å². The van der Waals surface area contributed by atoms with Crippen LogP contribution in [0, 0.1) is 0 Å². The van der Waals surface area contributed by atoms with Crippen LogP contribution in [0.4, 0.5) is 0 Å². The Balaban J connectivity index is 0.000000110. The first-order valence-corrected chi connectivity index (χ1v) is 28.5. The second-order valence-corrected chi connectivity index (χ2v) is 22.1. The molecule has 16 aromatic rings. The maximum absolute atomic E-state index is 8.86. The fourth-order valence-corrected chi connectivity index (χ4v) is 13.8. The van der Waals surface area contributed by atoms with Gasteiger partial charge in [0.05, 0.1) is 22.1 Å². The number of hydrogen-bond acceptors (Lipinski definition) is 2. The Labute approximate surface area is 482 Å². The Hall–Kier alpha value is -9.98. The van der Waals surface area contributed by atoms with Gasteiger partial charge in [0.1, 0.15) is 5.75 Å². The molecule has 0 spiro atoms. The van der Waals surface area contributed by atoms with Gasteiger partial charge >= 0.3 is 7.69 Å². The molecule has 0 atom stereocenters. The lowest BCUT2D eigenvalue weighted by molar-refractivity contribution is 0.457. The molecule has 0 bridgehead atoms. The molecule has 0 saturated heterocycles. The lowest BCUT2D eigenvalue weighted by Gasteiger charge is -2.11. The number of benzene rings is 14. The van der Waals surface area contributed by atoms with Crippen molar-refractivity contribution in [1.29, 1.82) is 0 Å². The number of hydrogen-bond donors (Lipinski definition) is 1. The van der Waals surface area contributed by atoms with Crippen molar-refractivity contribution in [3.05, 3.63) is 284 Å². The molecule has 18 rings (SSSR count). The molecule has 0 aliphatic heterocycles. The van der Waals surface area contributed by atoms with E-state index in [0.29, 0.717) is 5.75 Å². The van der Waals surface area contributed by atoms with Crippen LogP contribution in [-0.2, 0) is 0 Å². The summed E-state index contributed by atoms with van der Waals surface area (Å²) in [5.74, 6) is 0.677. The van der Waals surface area contributed by atoms with Crippen LogP contribution >= 0.6 is 15.9 Å². The molecule has 6 heteroatoms. The predicted molar refractivity (Wildman–Crippen MR) is 349 cm³/mol. The largest absolute Gasteiger partial charge is 0.569 e. The Morgan fingerprint density at radius 2 is 0.732 bits per heavy atom. The van der Waals surface area contributed by atoms with Gasteiger partial charge in [-0.2, -0.15) is 0 Å². The number of rotatable bonds is 5. The Kier molecular flexibility index (Phi) is 11.3. The minimum Gasteiger partial charge on any atom is -0.537 e. The van der Waals surface area contributed by atoms with Gasteiger partial charge in [-0.25, -0.2) is 0 Å². The smallest absolute Gasteiger partial charge is 0.537 e. The highest BCUT2D eigenvalue weighted by atomic mass is 79.9. The van der Waals surface area contributed by atoms with Crippen LogP contribution in [0.25, 0.3) is 154 Å². The van der Waals surface area contributed by atoms with E-state index in [1.54, 1.807) is 0 Å². The Morgan fingerprint density at radius 3 is 1.29 bits per heavy atom. The van der Waals surface area contributed by atoms with Crippen molar-refractivity contribution < 1.29 is 9.68 Å². The molecular formula is C76H47BBrN2O2. The molecule has 0 saturated carbocycles. The third kappa shape index (κ3) is 7.49. The molecule has 14 aromatic carbocycles. The van der Waals surface area contributed by atoms with Gasteiger partial charge < -0.3 is 18.8 Å². The van der Waals surface area contributed by atoms with Gasteiger partial charge in [-0.3, -0.25) is 0 Å². The summed E-state index contributed by atoms with van der Waals surface area (Å²) in [5.41, 5.74) is 20.2. The average Bonchev–Trinajstić information content (AvgIpc) is 3.85. The van der Waals surface area contributed by atoms with Crippen molar-refractivity contribution >= 4 is 110 Å².